The van der Waals surface area contributed by atoms with Crippen molar-refractivity contribution in [3.63, 3.8) is 0 Å². The van der Waals surface area contributed by atoms with Crippen LogP contribution in [0.15, 0.2) is 72.9 Å². The van der Waals surface area contributed by atoms with Crippen LogP contribution in [0.25, 0.3) is 0 Å². The van der Waals surface area contributed by atoms with Crippen LogP contribution in [-0.4, -0.2) is 45.3 Å². The standard InChI is InChI=1S/C33H43N3O2/c1-3-4-13-22-35(33(38)31-21-12-11-15-27(31)2)26-32(37)36(29-18-9-6-10-19-29)25-30-20-14-23-34(30)24-28-16-7-5-8-17-28/h5,7-8,11-12,14-17,20-21,23,29H,3-4,6,9-10,13,18-19,22,24-26H2,1-2H3. The molecule has 2 aromatic carbocycles. The highest BCUT2D eigenvalue weighted by atomic mass is 16.2. The van der Waals surface area contributed by atoms with Gasteiger partial charge in [0.15, 0.2) is 0 Å². The van der Waals surface area contributed by atoms with E-state index in [0.29, 0.717) is 18.7 Å². The third-order valence-electron chi connectivity index (χ3n) is 7.81. The van der Waals surface area contributed by atoms with Crippen LogP contribution in [0.5, 0.6) is 0 Å². The monoisotopic (exact) mass is 513 g/mol. The summed E-state index contributed by atoms with van der Waals surface area (Å²) < 4.78 is 2.25. The summed E-state index contributed by atoms with van der Waals surface area (Å²) in [7, 11) is 0. The molecule has 3 aromatic rings. The normalized spacial score (nSPS) is 13.8. The highest BCUT2D eigenvalue weighted by Gasteiger charge is 2.29. The molecule has 0 bridgehead atoms. The van der Waals surface area contributed by atoms with Gasteiger partial charge in [0.25, 0.3) is 5.91 Å². The van der Waals surface area contributed by atoms with Crippen LogP contribution in [0.3, 0.4) is 0 Å². The quantitative estimate of drug-likeness (QED) is 0.249. The second-order valence-corrected chi connectivity index (χ2v) is 10.7. The molecule has 2 amide bonds. The topological polar surface area (TPSA) is 45.6 Å². The van der Waals surface area contributed by atoms with Gasteiger partial charge in [-0.25, -0.2) is 0 Å². The van der Waals surface area contributed by atoms with E-state index in [1.165, 1.54) is 12.0 Å². The molecule has 202 valence electrons. The zero-order valence-electron chi connectivity index (χ0n) is 23.1. The molecule has 0 saturated heterocycles. The van der Waals surface area contributed by atoms with Gasteiger partial charge in [-0.3, -0.25) is 9.59 Å². The lowest BCUT2D eigenvalue weighted by molar-refractivity contribution is -0.135. The minimum atomic E-state index is -0.0383. The molecular formula is C33H43N3O2. The molecule has 0 atom stereocenters. The predicted molar refractivity (Wildman–Crippen MR) is 154 cm³/mol. The third kappa shape index (κ3) is 7.37. The number of rotatable bonds is 12. The summed E-state index contributed by atoms with van der Waals surface area (Å²) in [5.74, 6) is 0.0198. The van der Waals surface area contributed by atoms with Crippen LogP contribution in [0.1, 0.15) is 85.5 Å². The van der Waals surface area contributed by atoms with E-state index in [-0.39, 0.29) is 24.4 Å². The van der Waals surface area contributed by atoms with Crippen molar-refractivity contribution in [1.29, 1.82) is 0 Å². The molecule has 1 aliphatic carbocycles. The number of amides is 2. The number of carbonyl (C=O) groups is 2. The maximum Gasteiger partial charge on any atom is 0.254 e. The average molecular weight is 514 g/mol. The SMILES string of the molecule is CCCCCN(CC(=O)N(Cc1cccn1Cc1ccccc1)C1CCCCC1)C(=O)c1ccccc1C. The fourth-order valence-electron chi connectivity index (χ4n) is 5.56. The third-order valence-corrected chi connectivity index (χ3v) is 7.81. The van der Waals surface area contributed by atoms with E-state index in [0.717, 1.165) is 62.7 Å². The molecule has 1 aliphatic rings. The van der Waals surface area contributed by atoms with Gasteiger partial charge < -0.3 is 14.4 Å². The summed E-state index contributed by atoms with van der Waals surface area (Å²) >= 11 is 0. The van der Waals surface area contributed by atoms with Crippen molar-refractivity contribution in [2.24, 2.45) is 0 Å². The van der Waals surface area contributed by atoms with Crippen molar-refractivity contribution >= 4 is 11.8 Å². The number of aryl methyl sites for hydroxylation is 1. The van der Waals surface area contributed by atoms with Gasteiger partial charge in [-0.1, -0.05) is 87.6 Å². The summed E-state index contributed by atoms with van der Waals surface area (Å²) in [6.07, 6.45) is 10.7. The van der Waals surface area contributed by atoms with E-state index in [2.05, 4.69) is 59.0 Å². The molecule has 1 saturated carbocycles. The molecule has 0 spiro atoms. The van der Waals surface area contributed by atoms with Gasteiger partial charge in [-0.2, -0.15) is 0 Å². The molecule has 4 rings (SSSR count). The number of nitrogens with zero attached hydrogens (tertiary/aromatic N) is 3. The second-order valence-electron chi connectivity index (χ2n) is 10.7. The Hall–Kier alpha value is -3.34. The maximum absolute atomic E-state index is 14.0. The first-order chi connectivity index (χ1) is 18.6. The maximum atomic E-state index is 14.0. The molecule has 0 aliphatic heterocycles. The van der Waals surface area contributed by atoms with E-state index in [1.807, 2.05) is 37.3 Å². The first-order valence-electron chi connectivity index (χ1n) is 14.4. The molecule has 5 nitrogen and oxygen atoms in total. The van der Waals surface area contributed by atoms with E-state index >= 15 is 0 Å². The number of hydrogen-bond donors (Lipinski definition) is 0. The van der Waals surface area contributed by atoms with Crippen molar-refractivity contribution in [2.75, 3.05) is 13.1 Å². The smallest absolute Gasteiger partial charge is 0.254 e. The zero-order chi connectivity index (χ0) is 26.7. The van der Waals surface area contributed by atoms with Gasteiger partial charge in [-0.15, -0.1) is 0 Å². The van der Waals surface area contributed by atoms with Crippen molar-refractivity contribution < 1.29 is 9.59 Å². The number of benzene rings is 2. The largest absolute Gasteiger partial charge is 0.345 e. The summed E-state index contributed by atoms with van der Waals surface area (Å²) in [6, 6.07) is 22.6. The van der Waals surface area contributed by atoms with Gasteiger partial charge >= 0.3 is 0 Å². The Bertz CT molecular complexity index is 1160. The number of aromatic nitrogens is 1. The van der Waals surface area contributed by atoms with Crippen LogP contribution in [0.4, 0.5) is 0 Å². The van der Waals surface area contributed by atoms with Crippen LogP contribution in [0, 0.1) is 6.92 Å². The van der Waals surface area contributed by atoms with Gasteiger partial charge in [0.1, 0.15) is 6.54 Å². The Balaban J connectivity index is 1.55. The molecule has 0 unspecified atom stereocenters. The zero-order valence-corrected chi connectivity index (χ0v) is 23.1. The fraction of sp³-hybridized carbons (Fsp3) is 0.455. The number of carbonyl (C=O) groups excluding carboxylic acids is 2. The van der Waals surface area contributed by atoms with E-state index in [9.17, 15) is 9.59 Å². The van der Waals surface area contributed by atoms with Gasteiger partial charge in [0, 0.05) is 36.6 Å². The Kier molecular flexibility index (Phi) is 10.2. The Morgan fingerprint density at radius 3 is 2.37 bits per heavy atom. The Labute approximate surface area is 228 Å². The van der Waals surface area contributed by atoms with Crippen molar-refractivity contribution in [1.82, 2.24) is 14.4 Å². The summed E-state index contributed by atoms with van der Waals surface area (Å²) in [5, 5.41) is 0. The van der Waals surface area contributed by atoms with E-state index < -0.39 is 0 Å². The molecule has 1 heterocycles. The molecule has 1 fully saturated rings. The summed E-state index contributed by atoms with van der Waals surface area (Å²) in [5.41, 5.74) is 4.02. The van der Waals surface area contributed by atoms with Gasteiger partial charge in [-0.05, 0) is 55.5 Å². The molecular weight excluding hydrogens is 470 g/mol. The second kappa shape index (κ2) is 14.0. The minimum absolute atomic E-state index is 0.0383. The summed E-state index contributed by atoms with van der Waals surface area (Å²) in [6.45, 7) is 6.22. The predicted octanol–water partition coefficient (Wildman–Crippen LogP) is 6.84. The highest BCUT2D eigenvalue weighted by molar-refractivity contribution is 5.97. The highest BCUT2D eigenvalue weighted by Crippen LogP contribution is 2.25. The molecule has 38 heavy (non-hydrogen) atoms. The summed E-state index contributed by atoms with van der Waals surface area (Å²) in [4.78, 5) is 31.5. The first kappa shape index (κ1) is 27.7. The fourth-order valence-corrected chi connectivity index (χ4v) is 5.56. The lowest BCUT2D eigenvalue weighted by atomic mass is 9.94. The average Bonchev–Trinajstić information content (AvgIpc) is 3.38. The molecule has 5 heteroatoms. The first-order valence-corrected chi connectivity index (χ1v) is 14.4. The van der Waals surface area contributed by atoms with Crippen LogP contribution in [-0.2, 0) is 17.9 Å². The molecule has 0 radical (unpaired) electrons. The van der Waals surface area contributed by atoms with Gasteiger partial charge in [0.2, 0.25) is 5.91 Å². The van der Waals surface area contributed by atoms with Crippen molar-refractivity contribution in [3.8, 4) is 0 Å². The van der Waals surface area contributed by atoms with E-state index in [4.69, 9.17) is 0 Å². The number of hydrogen-bond acceptors (Lipinski definition) is 2. The Morgan fingerprint density at radius 2 is 1.63 bits per heavy atom. The van der Waals surface area contributed by atoms with Crippen molar-refractivity contribution in [2.45, 2.75) is 84.3 Å². The lowest BCUT2D eigenvalue weighted by Gasteiger charge is -2.36. The Morgan fingerprint density at radius 1 is 0.895 bits per heavy atom. The van der Waals surface area contributed by atoms with E-state index in [1.54, 1.807) is 4.90 Å². The van der Waals surface area contributed by atoms with Crippen LogP contribution < -0.4 is 0 Å². The van der Waals surface area contributed by atoms with Gasteiger partial charge in [0.05, 0.1) is 6.54 Å². The van der Waals surface area contributed by atoms with Crippen LogP contribution >= 0.6 is 0 Å². The minimum Gasteiger partial charge on any atom is -0.345 e. The number of unbranched alkanes of at least 4 members (excludes halogenated alkanes) is 2. The van der Waals surface area contributed by atoms with Crippen LogP contribution in [0.2, 0.25) is 0 Å². The van der Waals surface area contributed by atoms with Crippen molar-refractivity contribution in [3.05, 3.63) is 95.3 Å². The lowest BCUT2D eigenvalue weighted by Crippen LogP contribution is -2.48. The molecule has 0 N–H and O–H groups in total. The molecule has 1 aromatic heterocycles.